The van der Waals surface area contributed by atoms with E-state index in [1.165, 1.54) is 0 Å². The van der Waals surface area contributed by atoms with Gasteiger partial charge in [-0.15, -0.1) is 0 Å². The van der Waals surface area contributed by atoms with Crippen LogP contribution < -0.4 is 27.1 Å². The zero-order chi connectivity index (χ0) is 33.4. The zero-order valence-corrected chi connectivity index (χ0v) is 30.0. The van der Waals surface area contributed by atoms with Crippen LogP contribution in [0, 0.1) is 0 Å². The Labute approximate surface area is 293 Å². The van der Waals surface area contributed by atoms with Crippen LogP contribution in [0.15, 0.2) is 194 Å². The molecule has 0 N–H and O–H groups in total. The lowest BCUT2D eigenvalue weighted by Gasteiger charge is -2.33. The molecule has 0 radical (unpaired) electrons. The average Bonchev–Trinajstić information content (AvgIpc) is 3.11. The predicted molar refractivity (Wildman–Crippen MR) is 198 cm³/mol. The van der Waals surface area contributed by atoms with Gasteiger partial charge in [0.15, 0.2) is 0 Å². The summed E-state index contributed by atoms with van der Waals surface area (Å²) in [5.41, 5.74) is 0. The molecule has 6 aromatic carbocycles. The maximum absolute atomic E-state index is 6.77. The van der Waals surface area contributed by atoms with Crippen molar-refractivity contribution in [2.75, 3.05) is 0 Å². The van der Waals surface area contributed by atoms with E-state index in [-0.39, 0.29) is 0 Å². The van der Waals surface area contributed by atoms with E-state index in [9.17, 15) is 0 Å². The third kappa shape index (κ3) is 8.48. The van der Waals surface area contributed by atoms with Crippen LogP contribution in [-0.4, -0.2) is 0 Å². The number of hydrogen-bond donors (Lipinski definition) is 0. The Bertz CT molecular complexity index is 1990. The Balaban J connectivity index is 1.55. The number of halogens is 1. The largest absolute Gasteiger partial charge is 0.460 e. The van der Waals surface area contributed by atoms with Crippen LogP contribution in [0.25, 0.3) is 0 Å². The van der Waals surface area contributed by atoms with Crippen LogP contribution in [0.4, 0.5) is 0 Å². The molecule has 0 amide bonds. The lowest BCUT2D eigenvalue weighted by molar-refractivity contribution is 0.443. The first kappa shape index (κ1) is 32.8. The number of benzene rings is 6. The topological polar surface area (TPSA) is 92.5 Å². The van der Waals surface area contributed by atoms with Crippen LogP contribution in [0.5, 0.6) is 34.5 Å². The van der Waals surface area contributed by atoms with Crippen molar-refractivity contribution in [3.05, 3.63) is 180 Å². The molecule has 1 unspecified atom stereocenters. The van der Waals surface area contributed by atoms with Gasteiger partial charge < -0.3 is 27.1 Å². The summed E-state index contributed by atoms with van der Waals surface area (Å²) in [6.07, 6.45) is 0. The molecule has 246 valence electrons. The van der Waals surface area contributed by atoms with Gasteiger partial charge in [-0.2, -0.15) is 0 Å². The van der Waals surface area contributed by atoms with E-state index in [1.807, 2.05) is 103 Å². The van der Waals surface area contributed by atoms with Gasteiger partial charge in [0.2, 0.25) is 0 Å². The first-order valence-corrected chi connectivity index (χ1v) is 20.5. The molecule has 0 spiro atoms. The molecule has 1 atom stereocenters. The number of hydrogen-bond acceptors (Lipinski definition) is 9. The Morgan fingerprint density at radius 1 is 0.286 bits per heavy atom. The normalized spacial score (nSPS) is 17.2. The van der Waals surface area contributed by atoms with Crippen LogP contribution in [0.3, 0.4) is 0 Å². The van der Waals surface area contributed by atoms with E-state index in [2.05, 4.69) is 15.9 Å². The molecule has 6 aromatic rings. The smallest absolute Gasteiger partial charge is 0.413 e. The maximum atomic E-state index is 6.77. The highest BCUT2D eigenvalue weighted by atomic mass is 79.9. The summed E-state index contributed by atoms with van der Waals surface area (Å²) in [4.78, 5) is 0. The van der Waals surface area contributed by atoms with Crippen molar-refractivity contribution >= 4 is 38.9 Å². The molecule has 0 aliphatic carbocycles. The number of nitrogens with zero attached hydrogens (tertiary/aromatic N) is 3. The van der Waals surface area contributed by atoms with E-state index < -0.39 is 23.0 Å². The lowest BCUT2D eigenvalue weighted by atomic mass is 10.3. The third-order valence-corrected chi connectivity index (χ3v) is 15.2. The summed E-state index contributed by atoms with van der Waals surface area (Å²) in [5.74, 6) is 2.73. The Hall–Kier alpha value is -4.71. The Morgan fingerprint density at radius 3 is 0.714 bits per heavy atom. The molecule has 0 saturated carbocycles. The molecule has 1 heterocycles. The van der Waals surface area contributed by atoms with Gasteiger partial charge in [0.25, 0.3) is 0 Å². The summed E-state index contributed by atoms with van der Waals surface area (Å²) >= 11 is 3.51. The second-order valence-electron chi connectivity index (χ2n) is 10.3. The van der Waals surface area contributed by atoms with Gasteiger partial charge >= 0.3 is 23.0 Å². The minimum absolute atomic E-state index is 0.442. The van der Waals surface area contributed by atoms with Gasteiger partial charge in [-0.05, 0) is 84.9 Å². The van der Waals surface area contributed by atoms with E-state index >= 15 is 0 Å². The van der Waals surface area contributed by atoms with Crippen LogP contribution >= 0.6 is 38.9 Å². The van der Waals surface area contributed by atoms with Gasteiger partial charge in [0.1, 0.15) is 34.5 Å². The molecule has 13 heteroatoms. The maximum Gasteiger partial charge on any atom is 0.460 e. The first-order chi connectivity index (χ1) is 24.0. The highest BCUT2D eigenvalue weighted by molar-refractivity contribution is 9.10. The number of rotatable bonds is 12. The third-order valence-electron chi connectivity index (χ3n) is 6.55. The highest BCUT2D eigenvalue weighted by Gasteiger charge is 2.48. The molecule has 1 aliphatic heterocycles. The molecular formula is C36H29BrN3O6P3. The van der Waals surface area contributed by atoms with Crippen molar-refractivity contribution in [1.29, 1.82) is 0 Å². The van der Waals surface area contributed by atoms with Crippen molar-refractivity contribution in [2.24, 2.45) is 13.5 Å². The standard InChI is InChI=1S/C36H29BrN3O6P3/c37-30-26-28-36(29-27-30)46-49(45-35-24-14-5-15-25-35)39-47(41-31-16-6-1-7-17-31,42-32-18-8-2-9-19-32)38-48(40-49,43-33-20-10-3-11-21-33)44-34-22-12-4-13-23-34/h1-29H. The zero-order valence-electron chi connectivity index (χ0n) is 25.8. The van der Waals surface area contributed by atoms with Crippen molar-refractivity contribution in [1.82, 2.24) is 0 Å². The summed E-state index contributed by atoms with van der Waals surface area (Å²) < 4.78 is 56.9. The van der Waals surface area contributed by atoms with Gasteiger partial charge in [-0.3, -0.25) is 0 Å². The fourth-order valence-electron chi connectivity index (χ4n) is 4.48. The number of para-hydroxylation sites is 5. The SMILES string of the molecule is Brc1ccc(OP2(Oc3ccccc3)=NP(Oc3ccccc3)(Oc3ccccc3)=NP(Oc3ccccc3)(Oc3ccccc3)=N2)cc1. The second kappa shape index (κ2) is 14.8. The summed E-state index contributed by atoms with van der Waals surface area (Å²) in [7, 11) is -11.7. The lowest BCUT2D eigenvalue weighted by Crippen LogP contribution is -2.11. The molecule has 0 aromatic heterocycles. The van der Waals surface area contributed by atoms with Crippen LogP contribution in [0.1, 0.15) is 0 Å². The van der Waals surface area contributed by atoms with E-state index in [0.29, 0.717) is 34.5 Å². The van der Waals surface area contributed by atoms with E-state index in [0.717, 1.165) is 4.47 Å². The van der Waals surface area contributed by atoms with Gasteiger partial charge in [0.05, 0.1) is 0 Å². The van der Waals surface area contributed by atoms with Gasteiger partial charge in [-0.1, -0.05) is 120 Å². The Kier molecular flexibility index (Phi) is 9.92. The Morgan fingerprint density at radius 2 is 0.490 bits per heavy atom. The first-order valence-electron chi connectivity index (χ1n) is 15.1. The van der Waals surface area contributed by atoms with E-state index in [4.69, 9.17) is 40.7 Å². The quantitative estimate of drug-likeness (QED) is 0.115. The van der Waals surface area contributed by atoms with Gasteiger partial charge in [0, 0.05) is 4.47 Å². The molecule has 49 heavy (non-hydrogen) atoms. The van der Waals surface area contributed by atoms with Crippen molar-refractivity contribution in [3.8, 4) is 34.5 Å². The monoisotopic (exact) mass is 771 g/mol. The summed E-state index contributed by atoms with van der Waals surface area (Å²) in [6.45, 7) is 0. The van der Waals surface area contributed by atoms with Crippen molar-refractivity contribution < 1.29 is 27.1 Å². The van der Waals surface area contributed by atoms with Gasteiger partial charge in [-0.25, -0.2) is 0 Å². The molecule has 9 nitrogen and oxygen atoms in total. The second-order valence-corrected chi connectivity index (χ2v) is 17.4. The fourth-order valence-corrected chi connectivity index (χ4v) is 13.8. The molecule has 7 rings (SSSR count). The fraction of sp³-hybridized carbons (Fsp3) is 0. The highest BCUT2D eigenvalue weighted by Crippen LogP contribution is 2.78. The molecule has 0 fully saturated rings. The molecular weight excluding hydrogens is 743 g/mol. The van der Waals surface area contributed by atoms with Crippen molar-refractivity contribution in [3.63, 3.8) is 0 Å². The van der Waals surface area contributed by atoms with Crippen LogP contribution in [0.2, 0.25) is 0 Å². The van der Waals surface area contributed by atoms with Crippen molar-refractivity contribution in [2.45, 2.75) is 0 Å². The summed E-state index contributed by atoms with van der Waals surface area (Å²) in [5, 5.41) is 0. The average molecular weight is 772 g/mol. The molecule has 0 saturated heterocycles. The minimum Gasteiger partial charge on any atom is -0.413 e. The van der Waals surface area contributed by atoms with Crippen LogP contribution in [-0.2, 0) is 0 Å². The predicted octanol–water partition coefficient (Wildman–Crippen LogP) is 13.1. The van der Waals surface area contributed by atoms with E-state index in [1.54, 1.807) is 72.8 Å². The molecule has 1 aliphatic rings. The minimum atomic E-state index is -3.90. The summed E-state index contributed by atoms with van der Waals surface area (Å²) in [6, 6.07) is 53.3. The molecule has 0 bridgehead atoms.